The summed E-state index contributed by atoms with van der Waals surface area (Å²) in [6.07, 6.45) is 2.37. The van der Waals surface area contributed by atoms with Crippen LogP contribution in [0.4, 0.5) is 0 Å². The quantitative estimate of drug-likeness (QED) is 0.582. The zero-order chi connectivity index (χ0) is 12.9. The molecule has 96 valence electrons. The van der Waals surface area contributed by atoms with E-state index in [0.717, 1.165) is 12.3 Å². The summed E-state index contributed by atoms with van der Waals surface area (Å²) in [5.74, 6) is 0.747. The molecule has 0 rings (SSSR count). The van der Waals surface area contributed by atoms with Crippen molar-refractivity contribution in [1.29, 1.82) is 0 Å². The summed E-state index contributed by atoms with van der Waals surface area (Å²) in [4.78, 5) is 2.48. The Hall–Kier alpha value is -0.300. The van der Waals surface area contributed by atoms with E-state index < -0.39 is 0 Å². The maximum Gasteiger partial charge on any atom is 0.00691 e. The largest absolute Gasteiger partial charge is 0.303 e. The second kappa shape index (κ2) is 6.44. The van der Waals surface area contributed by atoms with E-state index in [-0.39, 0.29) is 0 Å². The Morgan fingerprint density at radius 1 is 1.25 bits per heavy atom. The number of hydrogen-bond donors (Lipinski definition) is 0. The van der Waals surface area contributed by atoms with Gasteiger partial charge in [-0.2, -0.15) is 0 Å². The molecule has 1 heteroatoms. The molecule has 0 aromatic carbocycles. The molecular formula is C15H31N. The van der Waals surface area contributed by atoms with Crippen LogP contribution in [0.15, 0.2) is 12.2 Å². The van der Waals surface area contributed by atoms with Gasteiger partial charge in [-0.05, 0) is 45.1 Å². The highest BCUT2D eigenvalue weighted by atomic mass is 15.1. The molecule has 1 atom stereocenters. The van der Waals surface area contributed by atoms with Crippen molar-refractivity contribution in [3.05, 3.63) is 12.2 Å². The highest BCUT2D eigenvalue weighted by Crippen LogP contribution is 2.31. The van der Waals surface area contributed by atoms with Gasteiger partial charge in [0.1, 0.15) is 0 Å². The van der Waals surface area contributed by atoms with Crippen LogP contribution in [0.5, 0.6) is 0 Å². The van der Waals surface area contributed by atoms with E-state index in [1.165, 1.54) is 18.5 Å². The lowest BCUT2D eigenvalue weighted by Gasteiger charge is -2.34. The second-order valence-electron chi connectivity index (χ2n) is 6.68. The Kier molecular flexibility index (Phi) is 6.32. The predicted octanol–water partition coefficient (Wildman–Crippen LogP) is 4.35. The maximum absolute atomic E-state index is 4.03. The number of hydrogen-bond acceptors (Lipinski definition) is 1. The first kappa shape index (κ1) is 15.7. The van der Waals surface area contributed by atoms with E-state index >= 15 is 0 Å². The van der Waals surface area contributed by atoms with E-state index in [1.54, 1.807) is 0 Å². The van der Waals surface area contributed by atoms with Crippen LogP contribution in [0.25, 0.3) is 0 Å². The first-order chi connectivity index (χ1) is 7.14. The van der Waals surface area contributed by atoms with Gasteiger partial charge in [-0.3, -0.25) is 0 Å². The average Bonchev–Trinajstić information content (AvgIpc) is 1.98. The third-order valence-electron chi connectivity index (χ3n) is 3.03. The molecule has 0 bridgehead atoms. The van der Waals surface area contributed by atoms with E-state index in [4.69, 9.17) is 0 Å². The van der Waals surface area contributed by atoms with Crippen LogP contribution in [-0.2, 0) is 0 Å². The minimum atomic E-state index is 0.372. The molecule has 0 fully saturated rings. The Morgan fingerprint density at radius 2 is 1.75 bits per heavy atom. The van der Waals surface area contributed by atoms with E-state index in [0.29, 0.717) is 11.5 Å². The molecule has 0 aliphatic carbocycles. The molecule has 0 aliphatic heterocycles. The molecule has 0 saturated carbocycles. The summed E-state index contributed by atoms with van der Waals surface area (Å²) >= 11 is 0. The molecule has 0 aromatic heterocycles. The van der Waals surface area contributed by atoms with Gasteiger partial charge in [-0.15, -0.1) is 6.58 Å². The number of rotatable bonds is 7. The molecule has 1 unspecified atom stereocenters. The lowest BCUT2D eigenvalue weighted by Crippen LogP contribution is -2.35. The first-order valence-corrected chi connectivity index (χ1v) is 6.48. The Balaban J connectivity index is 4.20. The summed E-state index contributed by atoms with van der Waals surface area (Å²) in [6.45, 7) is 18.9. The number of allylic oxidation sites excluding steroid dienone is 1. The third kappa shape index (κ3) is 7.05. The third-order valence-corrected chi connectivity index (χ3v) is 3.03. The fraction of sp³-hybridized carbons (Fsp3) is 0.867. The van der Waals surface area contributed by atoms with Gasteiger partial charge in [-0.1, -0.05) is 33.3 Å². The molecule has 0 aromatic rings. The van der Waals surface area contributed by atoms with E-state index in [1.807, 2.05) is 0 Å². The standard InChI is InChI=1S/C15H31N/c1-12(2)9-15(6,7)10-14(5)16(8)11-13(3)4/h13-14H,1,9-11H2,2-8H3. The molecular weight excluding hydrogens is 194 g/mol. The lowest BCUT2D eigenvalue weighted by atomic mass is 9.80. The Bertz CT molecular complexity index is 215. The summed E-state index contributed by atoms with van der Waals surface area (Å²) in [6, 6.07) is 0.650. The zero-order valence-corrected chi connectivity index (χ0v) is 12.4. The molecule has 0 heterocycles. The van der Waals surface area contributed by atoms with Crippen LogP contribution >= 0.6 is 0 Å². The van der Waals surface area contributed by atoms with Gasteiger partial charge in [0.25, 0.3) is 0 Å². The zero-order valence-electron chi connectivity index (χ0n) is 12.4. The van der Waals surface area contributed by atoms with Crippen molar-refractivity contribution >= 4 is 0 Å². The van der Waals surface area contributed by atoms with Crippen molar-refractivity contribution in [1.82, 2.24) is 4.90 Å². The minimum absolute atomic E-state index is 0.372. The van der Waals surface area contributed by atoms with Gasteiger partial charge >= 0.3 is 0 Å². The monoisotopic (exact) mass is 225 g/mol. The van der Waals surface area contributed by atoms with Crippen molar-refractivity contribution in [2.75, 3.05) is 13.6 Å². The molecule has 0 amide bonds. The first-order valence-electron chi connectivity index (χ1n) is 6.48. The van der Waals surface area contributed by atoms with Gasteiger partial charge in [0.15, 0.2) is 0 Å². The summed E-state index contributed by atoms with van der Waals surface area (Å²) in [5.41, 5.74) is 1.67. The predicted molar refractivity (Wildman–Crippen MR) is 74.8 cm³/mol. The SMILES string of the molecule is C=C(C)CC(C)(C)CC(C)N(C)CC(C)C. The van der Waals surface area contributed by atoms with Gasteiger partial charge in [0.2, 0.25) is 0 Å². The van der Waals surface area contributed by atoms with Crippen LogP contribution in [0.3, 0.4) is 0 Å². The summed E-state index contributed by atoms with van der Waals surface area (Å²) in [7, 11) is 2.24. The summed E-state index contributed by atoms with van der Waals surface area (Å²) in [5, 5.41) is 0. The minimum Gasteiger partial charge on any atom is -0.303 e. The normalized spacial score (nSPS) is 14.6. The molecule has 0 spiro atoms. The van der Waals surface area contributed by atoms with E-state index in [2.05, 4.69) is 60.1 Å². The Morgan fingerprint density at radius 3 is 2.12 bits per heavy atom. The molecule has 16 heavy (non-hydrogen) atoms. The number of nitrogens with zero attached hydrogens (tertiary/aromatic N) is 1. The van der Waals surface area contributed by atoms with Gasteiger partial charge in [0, 0.05) is 12.6 Å². The van der Waals surface area contributed by atoms with Crippen molar-refractivity contribution < 1.29 is 0 Å². The van der Waals surface area contributed by atoms with Crippen LogP contribution in [0, 0.1) is 11.3 Å². The Labute approximate surface area is 103 Å². The smallest absolute Gasteiger partial charge is 0.00691 e. The molecule has 1 nitrogen and oxygen atoms in total. The second-order valence-corrected chi connectivity index (χ2v) is 6.68. The molecule has 0 N–H and O–H groups in total. The van der Waals surface area contributed by atoms with Crippen molar-refractivity contribution in [3.63, 3.8) is 0 Å². The fourth-order valence-electron chi connectivity index (χ4n) is 2.60. The fourth-order valence-corrected chi connectivity index (χ4v) is 2.60. The van der Waals surface area contributed by atoms with Crippen LogP contribution in [0.2, 0.25) is 0 Å². The summed E-state index contributed by atoms with van der Waals surface area (Å²) < 4.78 is 0. The van der Waals surface area contributed by atoms with E-state index in [9.17, 15) is 0 Å². The highest BCUT2D eigenvalue weighted by Gasteiger charge is 2.23. The molecule has 0 saturated heterocycles. The topological polar surface area (TPSA) is 3.24 Å². The van der Waals surface area contributed by atoms with Crippen LogP contribution < -0.4 is 0 Å². The average molecular weight is 225 g/mol. The van der Waals surface area contributed by atoms with Crippen molar-refractivity contribution in [2.45, 2.75) is 60.4 Å². The highest BCUT2D eigenvalue weighted by molar-refractivity contribution is 4.94. The lowest BCUT2D eigenvalue weighted by molar-refractivity contribution is 0.167. The van der Waals surface area contributed by atoms with Crippen LogP contribution in [0.1, 0.15) is 54.4 Å². The van der Waals surface area contributed by atoms with Crippen LogP contribution in [-0.4, -0.2) is 24.5 Å². The molecule has 0 radical (unpaired) electrons. The van der Waals surface area contributed by atoms with Gasteiger partial charge < -0.3 is 4.90 Å². The molecule has 0 aliphatic rings. The van der Waals surface area contributed by atoms with Crippen molar-refractivity contribution in [2.24, 2.45) is 11.3 Å². The van der Waals surface area contributed by atoms with Gasteiger partial charge in [-0.25, -0.2) is 0 Å². The van der Waals surface area contributed by atoms with Crippen molar-refractivity contribution in [3.8, 4) is 0 Å². The van der Waals surface area contributed by atoms with Gasteiger partial charge in [0.05, 0.1) is 0 Å². The maximum atomic E-state index is 4.03.